The normalized spacial score (nSPS) is 21.2. The SMILES string of the molecule is CCOC(=O)C1=C[C@@H](OC(CC)CC)[C@H](NC(=O)CF)[C@@H](N)C1.O=C(O)C(F)(F)F. The van der Waals surface area contributed by atoms with E-state index >= 15 is 0 Å². The number of nitrogens with two attached hydrogens (primary N) is 1. The fourth-order valence-electron chi connectivity index (χ4n) is 2.61. The van der Waals surface area contributed by atoms with Gasteiger partial charge in [-0.2, -0.15) is 13.2 Å². The molecule has 0 heterocycles. The van der Waals surface area contributed by atoms with Crippen molar-refractivity contribution in [3.8, 4) is 0 Å². The minimum atomic E-state index is -5.08. The van der Waals surface area contributed by atoms with Gasteiger partial charge in [0.2, 0.25) is 0 Å². The first kappa shape index (κ1) is 27.8. The molecular formula is C18H28F4N2O6. The molecule has 0 unspecified atom stereocenters. The summed E-state index contributed by atoms with van der Waals surface area (Å²) in [5.41, 5.74) is 6.52. The van der Waals surface area contributed by atoms with Gasteiger partial charge in [0.05, 0.1) is 24.9 Å². The number of esters is 1. The Morgan fingerprint density at radius 1 is 1.27 bits per heavy atom. The number of amides is 1. The Labute approximate surface area is 171 Å². The summed E-state index contributed by atoms with van der Waals surface area (Å²) in [6.45, 7) is 4.86. The number of carboxylic acids is 1. The molecule has 0 aromatic heterocycles. The molecule has 0 saturated heterocycles. The van der Waals surface area contributed by atoms with Gasteiger partial charge in [0, 0.05) is 11.6 Å². The van der Waals surface area contributed by atoms with Crippen LogP contribution in [0.1, 0.15) is 40.0 Å². The highest BCUT2D eigenvalue weighted by molar-refractivity contribution is 5.89. The lowest BCUT2D eigenvalue weighted by Crippen LogP contribution is -2.57. The molecule has 12 heteroatoms. The van der Waals surface area contributed by atoms with Crippen molar-refractivity contribution < 1.29 is 46.5 Å². The third-order valence-corrected chi connectivity index (χ3v) is 4.13. The fourth-order valence-corrected chi connectivity index (χ4v) is 2.61. The number of carbonyl (C=O) groups excluding carboxylic acids is 2. The molecule has 1 aliphatic rings. The predicted molar refractivity (Wildman–Crippen MR) is 98.1 cm³/mol. The Bertz CT molecular complexity index is 608. The number of carbonyl (C=O) groups is 3. The zero-order valence-corrected chi connectivity index (χ0v) is 17.0. The minimum Gasteiger partial charge on any atom is -0.475 e. The minimum absolute atomic E-state index is 0.0326. The summed E-state index contributed by atoms with van der Waals surface area (Å²) < 4.78 is 55.2. The van der Waals surface area contributed by atoms with Gasteiger partial charge in [-0.3, -0.25) is 4.79 Å². The van der Waals surface area contributed by atoms with Gasteiger partial charge in [-0.05, 0) is 32.3 Å². The zero-order valence-electron chi connectivity index (χ0n) is 17.0. The smallest absolute Gasteiger partial charge is 0.475 e. The van der Waals surface area contributed by atoms with E-state index in [0.717, 1.165) is 12.8 Å². The second-order valence-corrected chi connectivity index (χ2v) is 6.35. The van der Waals surface area contributed by atoms with Crippen LogP contribution < -0.4 is 11.1 Å². The summed E-state index contributed by atoms with van der Waals surface area (Å²) in [4.78, 5) is 32.3. The van der Waals surface area contributed by atoms with E-state index in [4.69, 9.17) is 25.1 Å². The van der Waals surface area contributed by atoms with Crippen LogP contribution in [0.5, 0.6) is 0 Å². The third-order valence-electron chi connectivity index (χ3n) is 4.13. The largest absolute Gasteiger partial charge is 0.490 e. The molecule has 0 fully saturated rings. The van der Waals surface area contributed by atoms with Crippen LogP contribution in [0.3, 0.4) is 0 Å². The highest BCUT2D eigenvalue weighted by Crippen LogP contribution is 2.24. The summed E-state index contributed by atoms with van der Waals surface area (Å²) in [5.74, 6) is -3.93. The van der Waals surface area contributed by atoms with E-state index in [1.807, 2.05) is 13.8 Å². The summed E-state index contributed by atoms with van der Waals surface area (Å²) in [5, 5.41) is 9.68. The van der Waals surface area contributed by atoms with Gasteiger partial charge >= 0.3 is 18.1 Å². The van der Waals surface area contributed by atoms with Gasteiger partial charge in [0.1, 0.15) is 0 Å². The second-order valence-electron chi connectivity index (χ2n) is 6.35. The Kier molecular flexibility index (Phi) is 12.2. The van der Waals surface area contributed by atoms with Gasteiger partial charge < -0.3 is 25.6 Å². The number of hydrogen-bond donors (Lipinski definition) is 3. The van der Waals surface area contributed by atoms with E-state index in [9.17, 15) is 27.2 Å². The molecule has 0 spiro atoms. The van der Waals surface area contributed by atoms with Gasteiger partial charge in [-0.25, -0.2) is 14.0 Å². The standard InChI is InChI=1S/C16H27FN2O4.C2HF3O2/c1-4-11(5-2)23-13-8-10(16(21)22-6-3)7-12(18)15(13)19-14(20)9-17;3-2(4,5)1(6)7/h8,11-13,15H,4-7,9,18H2,1-3H3,(H,19,20);(H,6,7)/t12-,13+,15+;/m0./s1. The average Bonchev–Trinajstić information content (AvgIpc) is 2.67. The quantitative estimate of drug-likeness (QED) is 0.385. The van der Waals surface area contributed by atoms with Gasteiger partial charge in [-0.1, -0.05) is 13.8 Å². The average molecular weight is 444 g/mol. The number of nitrogens with one attached hydrogen (secondary N) is 1. The zero-order chi connectivity index (χ0) is 23.5. The monoisotopic (exact) mass is 444 g/mol. The van der Waals surface area contributed by atoms with Gasteiger partial charge in [0.15, 0.2) is 6.67 Å². The van der Waals surface area contributed by atoms with Crippen LogP contribution in [0.2, 0.25) is 0 Å². The Hall–Kier alpha value is -2.21. The van der Waals surface area contributed by atoms with Crippen LogP contribution in [-0.2, 0) is 23.9 Å². The predicted octanol–water partition coefficient (Wildman–Crippen LogP) is 1.87. The van der Waals surface area contributed by atoms with Crippen molar-refractivity contribution in [2.45, 2.75) is 70.5 Å². The van der Waals surface area contributed by atoms with Crippen LogP contribution in [-0.4, -0.2) is 66.7 Å². The second kappa shape index (κ2) is 13.2. The first-order valence-electron chi connectivity index (χ1n) is 9.35. The molecule has 0 saturated carbocycles. The van der Waals surface area contributed by atoms with Crippen molar-refractivity contribution in [2.75, 3.05) is 13.3 Å². The van der Waals surface area contributed by atoms with Gasteiger partial charge in [0.25, 0.3) is 5.91 Å². The topological polar surface area (TPSA) is 128 Å². The molecular weight excluding hydrogens is 416 g/mol. The van der Waals surface area contributed by atoms with Gasteiger partial charge in [-0.15, -0.1) is 0 Å². The van der Waals surface area contributed by atoms with E-state index in [1.165, 1.54) is 0 Å². The van der Waals surface area contributed by atoms with Crippen LogP contribution in [0.15, 0.2) is 11.6 Å². The molecule has 1 rings (SSSR count). The maximum Gasteiger partial charge on any atom is 0.490 e. The Morgan fingerprint density at radius 3 is 2.20 bits per heavy atom. The number of alkyl halides is 4. The van der Waals surface area contributed by atoms with Crippen molar-refractivity contribution >= 4 is 17.8 Å². The van der Waals surface area contributed by atoms with Crippen LogP contribution in [0, 0.1) is 0 Å². The highest BCUT2D eigenvalue weighted by atomic mass is 19.4. The lowest BCUT2D eigenvalue weighted by molar-refractivity contribution is -0.192. The lowest BCUT2D eigenvalue weighted by Gasteiger charge is -2.36. The summed E-state index contributed by atoms with van der Waals surface area (Å²) >= 11 is 0. The Balaban J connectivity index is 0.00000103. The number of halogens is 4. The molecule has 0 radical (unpaired) electrons. The first-order valence-corrected chi connectivity index (χ1v) is 9.35. The van der Waals surface area contributed by atoms with Crippen molar-refractivity contribution in [1.82, 2.24) is 5.32 Å². The van der Waals surface area contributed by atoms with Crippen LogP contribution >= 0.6 is 0 Å². The molecule has 3 atom stereocenters. The third kappa shape index (κ3) is 9.53. The van der Waals surface area contributed by atoms with E-state index in [1.54, 1.807) is 13.0 Å². The summed E-state index contributed by atoms with van der Waals surface area (Å²) in [6.07, 6.45) is -2.24. The van der Waals surface area contributed by atoms with Crippen LogP contribution in [0.25, 0.3) is 0 Å². The van der Waals surface area contributed by atoms with Crippen LogP contribution in [0.4, 0.5) is 17.6 Å². The number of rotatable bonds is 8. The van der Waals surface area contributed by atoms with E-state index in [-0.39, 0.29) is 19.1 Å². The van der Waals surface area contributed by atoms with E-state index < -0.39 is 48.9 Å². The van der Waals surface area contributed by atoms with Crippen molar-refractivity contribution in [3.05, 3.63) is 11.6 Å². The molecule has 1 amide bonds. The Morgan fingerprint density at radius 2 is 1.80 bits per heavy atom. The first-order chi connectivity index (χ1) is 13.9. The molecule has 174 valence electrons. The number of aliphatic carboxylic acids is 1. The fraction of sp³-hybridized carbons (Fsp3) is 0.722. The van der Waals surface area contributed by atoms with Crippen molar-refractivity contribution in [1.29, 1.82) is 0 Å². The molecule has 1 aliphatic carbocycles. The molecule has 4 N–H and O–H groups in total. The molecule has 0 bridgehead atoms. The number of ether oxygens (including phenoxy) is 2. The van der Waals surface area contributed by atoms with Crippen molar-refractivity contribution in [3.63, 3.8) is 0 Å². The number of carboxylic acid groups (broad SMARTS) is 1. The molecule has 30 heavy (non-hydrogen) atoms. The lowest BCUT2D eigenvalue weighted by atomic mass is 9.88. The molecule has 0 aromatic rings. The highest BCUT2D eigenvalue weighted by Gasteiger charge is 2.38. The molecule has 8 nitrogen and oxygen atoms in total. The molecule has 0 aromatic carbocycles. The maximum absolute atomic E-state index is 12.5. The van der Waals surface area contributed by atoms with E-state index in [0.29, 0.717) is 5.57 Å². The molecule has 0 aliphatic heterocycles. The van der Waals surface area contributed by atoms with E-state index in [2.05, 4.69) is 5.32 Å². The van der Waals surface area contributed by atoms with Crippen molar-refractivity contribution in [2.24, 2.45) is 5.73 Å². The summed E-state index contributed by atoms with van der Waals surface area (Å²) in [7, 11) is 0. The maximum atomic E-state index is 12.5. The number of hydrogen-bond acceptors (Lipinski definition) is 6. The summed E-state index contributed by atoms with van der Waals surface area (Å²) in [6, 6.07) is -1.12.